The summed E-state index contributed by atoms with van der Waals surface area (Å²) in [5.41, 5.74) is 1.16. The second-order valence-corrected chi connectivity index (χ2v) is 6.15. The van der Waals surface area contributed by atoms with Gasteiger partial charge in [0.25, 0.3) is 0 Å². The molecule has 1 aromatic rings. The highest BCUT2D eigenvalue weighted by Crippen LogP contribution is 2.20. The number of hydrogen-bond donors (Lipinski definition) is 2. The minimum absolute atomic E-state index is 0.114. The topological polar surface area (TPSA) is 73.9 Å². The number of nitrogens with one attached hydrogen (secondary N) is 2. The minimum Gasteiger partial charge on any atom is -0.497 e. The van der Waals surface area contributed by atoms with Gasteiger partial charge in [0.2, 0.25) is 11.8 Å². The Hall–Kier alpha value is -2.28. The monoisotopic (exact) mass is 348 g/mol. The van der Waals surface area contributed by atoms with Crippen LogP contribution in [0.25, 0.3) is 0 Å². The molecule has 0 aromatic heterocycles. The molecule has 1 aliphatic rings. The Kier molecular flexibility index (Phi) is 7.06. The van der Waals surface area contributed by atoms with Crippen molar-refractivity contribution in [3.63, 3.8) is 0 Å². The Morgan fingerprint density at radius 2 is 1.80 bits per heavy atom. The van der Waals surface area contributed by atoms with Gasteiger partial charge in [-0.3, -0.25) is 14.5 Å². The maximum atomic E-state index is 12.1. The van der Waals surface area contributed by atoms with Crippen molar-refractivity contribution < 1.29 is 14.3 Å². The lowest BCUT2D eigenvalue weighted by molar-refractivity contribution is -0.129. The first kappa shape index (κ1) is 19.1. The number of anilines is 1. The third kappa shape index (κ3) is 5.63. The van der Waals surface area contributed by atoms with Gasteiger partial charge in [-0.05, 0) is 38.1 Å². The Morgan fingerprint density at radius 1 is 1.16 bits per heavy atom. The van der Waals surface area contributed by atoms with Gasteiger partial charge in [0.1, 0.15) is 11.8 Å². The van der Waals surface area contributed by atoms with Crippen LogP contribution < -0.4 is 20.3 Å². The van der Waals surface area contributed by atoms with Crippen LogP contribution in [0.4, 0.5) is 5.69 Å². The van der Waals surface area contributed by atoms with Crippen molar-refractivity contribution in [2.75, 3.05) is 51.3 Å². The van der Waals surface area contributed by atoms with E-state index in [4.69, 9.17) is 4.74 Å². The van der Waals surface area contributed by atoms with Crippen LogP contribution in [-0.4, -0.2) is 69.1 Å². The van der Waals surface area contributed by atoms with Gasteiger partial charge in [0.15, 0.2) is 0 Å². The molecule has 0 spiro atoms. The van der Waals surface area contributed by atoms with E-state index in [1.54, 1.807) is 14.0 Å². The Balaban J connectivity index is 1.76. The SMILES string of the molecule is CCNC(=O)[C@H](C)NC(=O)CN1CCN(c2ccc(OC)cc2)CC1. The number of hydrogen-bond acceptors (Lipinski definition) is 5. The van der Waals surface area contributed by atoms with Crippen LogP contribution in [0.1, 0.15) is 13.8 Å². The zero-order valence-electron chi connectivity index (χ0n) is 15.2. The number of carbonyl (C=O) groups is 2. The second kappa shape index (κ2) is 9.27. The van der Waals surface area contributed by atoms with Gasteiger partial charge in [0, 0.05) is 38.4 Å². The summed E-state index contributed by atoms with van der Waals surface area (Å²) in [5.74, 6) is 0.581. The zero-order chi connectivity index (χ0) is 18.2. The first-order valence-corrected chi connectivity index (χ1v) is 8.72. The number of nitrogens with zero attached hydrogens (tertiary/aromatic N) is 2. The average molecular weight is 348 g/mol. The molecular weight excluding hydrogens is 320 g/mol. The van der Waals surface area contributed by atoms with Crippen LogP contribution >= 0.6 is 0 Å². The second-order valence-electron chi connectivity index (χ2n) is 6.15. The lowest BCUT2D eigenvalue weighted by Gasteiger charge is -2.35. The van der Waals surface area contributed by atoms with Gasteiger partial charge in [-0.2, -0.15) is 0 Å². The van der Waals surface area contributed by atoms with Crippen LogP contribution in [0.2, 0.25) is 0 Å². The summed E-state index contributed by atoms with van der Waals surface area (Å²) in [7, 11) is 1.66. The predicted octanol–water partition coefficient (Wildman–Crippen LogP) is 0.458. The first-order chi connectivity index (χ1) is 12.0. The Bertz CT molecular complexity index is 568. The molecule has 2 N–H and O–H groups in total. The molecule has 1 heterocycles. The van der Waals surface area contributed by atoms with E-state index < -0.39 is 6.04 Å². The summed E-state index contributed by atoms with van der Waals surface area (Å²) in [6, 6.07) is 7.51. The van der Waals surface area contributed by atoms with E-state index >= 15 is 0 Å². The number of ether oxygens (including phenoxy) is 1. The summed E-state index contributed by atoms with van der Waals surface area (Å²) >= 11 is 0. The number of likely N-dealkylation sites (N-methyl/N-ethyl adjacent to an activating group) is 1. The summed E-state index contributed by atoms with van der Waals surface area (Å²) in [4.78, 5) is 28.2. The lowest BCUT2D eigenvalue weighted by Crippen LogP contribution is -2.52. The smallest absolute Gasteiger partial charge is 0.242 e. The van der Waals surface area contributed by atoms with Gasteiger partial charge < -0.3 is 20.3 Å². The minimum atomic E-state index is -0.506. The van der Waals surface area contributed by atoms with Crippen LogP contribution in [0.5, 0.6) is 5.75 Å². The molecule has 138 valence electrons. The van der Waals surface area contributed by atoms with Gasteiger partial charge in [-0.25, -0.2) is 0 Å². The fourth-order valence-electron chi connectivity index (χ4n) is 2.84. The van der Waals surface area contributed by atoms with E-state index in [9.17, 15) is 9.59 Å². The number of rotatable bonds is 7. The van der Waals surface area contributed by atoms with E-state index in [0.717, 1.165) is 37.6 Å². The number of carbonyl (C=O) groups excluding carboxylic acids is 2. The van der Waals surface area contributed by atoms with Gasteiger partial charge in [0.05, 0.1) is 13.7 Å². The van der Waals surface area contributed by atoms with Crippen LogP contribution in [0.15, 0.2) is 24.3 Å². The Morgan fingerprint density at radius 3 is 2.36 bits per heavy atom. The van der Waals surface area contributed by atoms with E-state index in [1.165, 1.54) is 0 Å². The normalized spacial score (nSPS) is 16.2. The molecular formula is C18H28N4O3. The van der Waals surface area contributed by atoms with Crippen LogP contribution in [0.3, 0.4) is 0 Å². The van der Waals surface area contributed by atoms with Crippen molar-refractivity contribution in [2.24, 2.45) is 0 Å². The fraction of sp³-hybridized carbons (Fsp3) is 0.556. The van der Waals surface area contributed by atoms with Gasteiger partial charge in [-0.15, -0.1) is 0 Å². The maximum Gasteiger partial charge on any atom is 0.242 e. The molecule has 0 unspecified atom stereocenters. The summed E-state index contributed by atoms with van der Waals surface area (Å²) in [5, 5.41) is 5.45. The molecule has 1 aliphatic heterocycles. The first-order valence-electron chi connectivity index (χ1n) is 8.72. The van der Waals surface area contributed by atoms with Gasteiger partial charge in [-0.1, -0.05) is 0 Å². The molecule has 0 saturated carbocycles. The van der Waals surface area contributed by atoms with Gasteiger partial charge >= 0.3 is 0 Å². The molecule has 7 nitrogen and oxygen atoms in total. The molecule has 0 bridgehead atoms. The van der Waals surface area contributed by atoms with Crippen molar-refractivity contribution in [1.82, 2.24) is 15.5 Å². The fourth-order valence-corrected chi connectivity index (χ4v) is 2.84. The van der Waals surface area contributed by atoms with Crippen molar-refractivity contribution in [2.45, 2.75) is 19.9 Å². The van der Waals surface area contributed by atoms with E-state index in [-0.39, 0.29) is 11.8 Å². The highest BCUT2D eigenvalue weighted by Gasteiger charge is 2.21. The standard InChI is InChI=1S/C18H28N4O3/c1-4-19-18(24)14(2)20-17(23)13-21-9-11-22(12-10-21)15-5-7-16(25-3)8-6-15/h5-8,14H,4,9-13H2,1-3H3,(H,19,24)(H,20,23)/t14-/m0/s1. The number of piperazine rings is 1. The molecule has 0 aliphatic carbocycles. The highest BCUT2D eigenvalue weighted by atomic mass is 16.5. The average Bonchev–Trinajstić information content (AvgIpc) is 2.62. The van der Waals surface area contributed by atoms with Crippen LogP contribution in [-0.2, 0) is 9.59 Å². The molecule has 1 atom stereocenters. The number of benzene rings is 1. The highest BCUT2D eigenvalue weighted by molar-refractivity contribution is 5.87. The summed E-state index contributed by atoms with van der Waals surface area (Å²) < 4.78 is 5.18. The molecule has 1 aromatic carbocycles. The third-order valence-corrected chi connectivity index (χ3v) is 4.30. The molecule has 0 radical (unpaired) electrons. The largest absolute Gasteiger partial charge is 0.497 e. The molecule has 7 heteroatoms. The van der Waals surface area contributed by atoms with Crippen LogP contribution in [0, 0.1) is 0 Å². The van der Waals surface area contributed by atoms with Crippen molar-refractivity contribution in [3.8, 4) is 5.75 Å². The lowest BCUT2D eigenvalue weighted by atomic mass is 10.2. The maximum absolute atomic E-state index is 12.1. The Labute approximate surface area is 149 Å². The summed E-state index contributed by atoms with van der Waals surface area (Å²) in [6.45, 7) is 7.80. The molecule has 25 heavy (non-hydrogen) atoms. The number of amides is 2. The quantitative estimate of drug-likeness (QED) is 0.749. The van der Waals surface area contributed by atoms with Crippen molar-refractivity contribution in [1.29, 1.82) is 0 Å². The van der Waals surface area contributed by atoms with E-state index in [2.05, 4.69) is 32.6 Å². The molecule has 1 fully saturated rings. The molecule has 2 rings (SSSR count). The molecule has 2 amide bonds. The van der Waals surface area contributed by atoms with Crippen molar-refractivity contribution in [3.05, 3.63) is 24.3 Å². The summed E-state index contributed by atoms with van der Waals surface area (Å²) in [6.07, 6.45) is 0. The molecule has 1 saturated heterocycles. The third-order valence-electron chi connectivity index (χ3n) is 4.30. The predicted molar refractivity (Wildman–Crippen MR) is 97.9 cm³/mol. The number of methoxy groups -OCH3 is 1. The van der Waals surface area contributed by atoms with E-state index in [1.807, 2.05) is 19.1 Å². The van der Waals surface area contributed by atoms with Crippen molar-refractivity contribution >= 4 is 17.5 Å². The zero-order valence-corrected chi connectivity index (χ0v) is 15.2. The van der Waals surface area contributed by atoms with E-state index in [0.29, 0.717) is 13.1 Å².